The Labute approximate surface area is 313 Å². The second kappa shape index (κ2) is 14.4. The largest absolute Gasteiger partial charge is 0.416 e. The molecule has 0 spiro atoms. The van der Waals surface area contributed by atoms with Crippen molar-refractivity contribution in [1.29, 1.82) is 0 Å². The molecule has 0 amide bonds. The molecule has 0 aliphatic rings. The van der Waals surface area contributed by atoms with Crippen molar-refractivity contribution in [2.45, 2.75) is 26.2 Å². The first kappa shape index (κ1) is 33.8. The normalized spacial score (nSPS) is 11.7. The highest BCUT2D eigenvalue weighted by molar-refractivity contribution is 7.20. The molecule has 8 rings (SSSR count). The molecule has 53 heavy (non-hydrogen) atoms. The maximum Gasteiger partial charge on any atom is 0.248 e. The van der Waals surface area contributed by atoms with Crippen molar-refractivity contribution in [2.75, 3.05) is 4.90 Å². The van der Waals surface area contributed by atoms with E-state index in [1.807, 2.05) is 0 Å². The summed E-state index contributed by atoms with van der Waals surface area (Å²) in [6, 6.07) is 69.4. The van der Waals surface area contributed by atoms with Crippen molar-refractivity contribution in [3.8, 4) is 22.9 Å². The van der Waals surface area contributed by atoms with Crippen LogP contribution in [0.15, 0.2) is 199 Å². The Morgan fingerprint density at radius 1 is 0.415 bits per heavy atom. The van der Waals surface area contributed by atoms with Crippen LogP contribution in [0.25, 0.3) is 22.9 Å². The number of para-hydroxylation sites is 2. The molecule has 0 bridgehead atoms. The SMILES string of the molecule is CC(C)(C)c1ccc(-c2nnc(-c3cccc([Si](c4ccccc4)(c4ccccc4)c4cccc(N(c5ccccc5)c5ccccc5)c4)c3)o2)cc1. The summed E-state index contributed by atoms with van der Waals surface area (Å²) >= 11 is 0. The Morgan fingerprint density at radius 2 is 0.849 bits per heavy atom. The quantitative estimate of drug-likeness (QED) is 0.111. The zero-order valence-electron chi connectivity index (χ0n) is 30.2. The van der Waals surface area contributed by atoms with Gasteiger partial charge in [0.1, 0.15) is 0 Å². The lowest BCUT2D eigenvalue weighted by atomic mass is 9.87. The second-order valence-corrected chi connectivity index (χ2v) is 18.2. The Kier molecular flexibility index (Phi) is 9.17. The molecule has 258 valence electrons. The van der Waals surface area contributed by atoms with Gasteiger partial charge in [0.15, 0.2) is 8.07 Å². The van der Waals surface area contributed by atoms with Crippen molar-refractivity contribution in [2.24, 2.45) is 0 Å². The van der Waals surface area contributed by atoms with Gasteiger partial charge in [0, 0.05) is 28.2 Å². The number of rotatable bonds is 9. The fourth-order valence-corrected chi connectivity index (χ4v) is 12.1. The predicted molar refractivity (Wildman–Crippen MR) is 222 cm³/mol. The lowest BCUT2D eigenvalue weighted by molar-refractivity contribution is 0.582. The van der Waals surface area contributed by atoms with Crippen LogP contribution in [-0.2, 0) is 5.41 Å². The molecule has 1 heterocycles. The summed E-state index contributed by atoms with van der Waals surface area (Å²) in [5.74, 6) is 1.01. The summed E-state index contributed by atoms with van der Waals surface area (Å²) in [6.07, 6.45) is 0. The topological polar surface area (TPSA) is 42.2 Å². The van der Waals surface area contributed by atoms with E-state index in [1.165, 1.54) is 26.3 Å². The highest BCUT2D eigenvalue weighted by Crippen LogP contribution is 2.34. The van der Waals surface area contributed by atoms with Gasteiger partial charge < -0.3 is 9.32 Å². The Morgan fingerprint density at radius 3 is 1.38 bits per heavy atom. The summed E-state index contributed by atoms with van der Waals surface area (Å²) in [4.78, 5) is 2.34. The lowest BCUT2D eigenvalue weighted by Gasteiger charge is -2.35. The minimum atomic E-state index is -2.94. The first-order valence-corrected chi connectivity index (χ1v) is 20.1. The number of aromatic nitrogens is 2. The first-order valence-electron chi connectivity index (χ1n) is 18.1. The van der Waals surface area contributed by atoms with E-state index >= 15 is 0 Å². The molecule has 0 fully saturated rings. The molecule has 0 saturated heterocycles. The highest BCUT2D eigenvalue weighted by atomic mass is 28.3. The zero-order valence-corrected chi connectivity index (χ0v) is 31.2. The lowest BCUT2D eigenvalue weighted by Crippen LogP contribution is -2.74. The van der Waals surface area contributed by atoms with Crippen molar-refractivity contribution in [3.05, 3.63) is 200 Å². The van der Waals surface area contributed by atoms with Crippen LogP contribution < -0.4 is 25.6 Å². The van der Waals surface area contributed by atoms with Gasteiger partial charge in [-0.1, -0.05) is 154 Å². The molecule has 0 unspecified atom stereocenters. The van der Waals surface area contributed by atoms with Crippen molar-refractivity contribution < 1.29 is 4.42 Å². The van der Waals surface area contributed by atoms with Crippen LogP contribution in [0, 0.1) is 0 Å². The molecule has 0 aliphatic carbocycles. The fraction of sp³-hybridized carbons (Fsp3) is 0.0833. The molecule has 7 aromatic carbocycles. The van der Waals surface area contributed by atoms with Crippen molar-refractivity contribution in [3.63, 3.8) is 0 Å². The maximum absolute atomic E-state index is 6.40. The van der Waals surface area contributed by atoms with E-state index < -0.39 is 8.07 Å². The van der Waals surface area contributed by atoms with E-state index in [2.05, 4.69) is 230 Å². The highest BCUT2D eigenvalue weighted by Gasteiger charge is 2.42. The van der Waals surface area contributed by atoms with E-state index in [4.69, 9.17) is 4.42 Å². The number of anilines is 3. The number of nitrogens with zero attached hydrogens (tertiary/aromatic N) is 3. The van der Waals surface area contributed by atoms with Gasteiger partial charge in [0.2, 0.25) is 11.8 Å². The van der Waals surface area contributed by atoms with Gasteiger partial charge in [-0.25, -0.2) is 0 Å². The van der Waals surface area contributed by atoms with Crippen LogP contribution in [0.2, 0.25) is 0 Å². The molecule has 0 aliphatic heterocycles. The summed E-state index contributed by atoms with van der Waals surface area (Å²) in [5.41, 5.74) is 6.42. The number of benzene rings is 7. The second-order valence-electron chi connectivity index (χ2n) is 14.4. The van der Waals surface area contributed by atoms with Crippen LogP contribution in [0.4, 0.5) is 17.1 Å². The standard InChI is InChI=1S/C48H41N3OSi/c1-48(2,3)38-32-30-36(31-33-38)46-49-50-47(52-46)37-18-16-28-44(34-37)53(42-24-12-6-13-25-42,43-26-14-7-15-27-43)45-29-17-23-41(35-45)51(39-19-8-4-9-20-39)40-21-10-5-11-22-40/h4-35H,1-3H3. The Balaban J connectivity index is 1.31. The van der Waals surface area contributed by atoms with Crippen molar-refractivity contribution in [1.82, 2.24) is 10.2 Å². The summed E-state index contributed by atoms with van der Waals surface area (Å²) in [6.45, 7) is 6.65. The summed E-state index contributed by atoms with van der Waals surface area (Å²) < 4.78 is 6.40. The molecule has 0 saturated carbocycles. The maximum atomic E-state index is 6.40. The van der Waals surface area contributed by atoms with Gasteiger partial charge >= 0.3 is 0 Å². The minimum Gasteiger partial charge on any atom is -0.416 e. The van der Waals surface area contributed by atoms with Gasteiger partial charge in [-0.05, 0) is 92.4 Å². The smallest absolute Gasteiger partial charge is 0.248 e. The molecule has 0 N–H and O–H groups in total. The molecule has 8 aromatic rings. The Bertz CT molecular complexity index is 2340. The van der Waals surface area contributed by atoms with Gasteiger partial charge in [-0.3, -0.25) is 0 Å². The molecule has 0 atom stereocenters. The third-order valence-corrected chi connectivity index (χ3v) is 14.7. The molecule has 0 radical (unpaired) electrons. The van der Waals surface area contributed by atoms with Crippen molar-refractivity contribution >= 4 is 45.9 Å². The molecule has 4 nitrogen and oxygen atoms in total. The van der Waals surface area contributed by atoms with Gasteiger partial charge in [0.05, 0.1) is 0 Å². The minimum absolute atomic E-state index is 0.0633. The van der Waals surface area contributed by atoms with Crippen LogP contribution in [0.5, 0.6) is 0 Å². The van der Waals surface area contributed by atoms with E-state index in [0.717, 1.165) is 28.2 Å². The summed E-state index contributed by atoms with van der Waals surface area (Å²) in [7, 11) is -2.94. The fourth-order valence-electron chi connectivity index (χ4n) is 7.31. The monoisotopic (exact) mass is 703 g/mol. The third kappa shape index (κ3) is 6.63. The first-order chi connectivity index (χ1) is 25.9. The van der Waals surface area contributed by atoms with E-state index in [-0.39, 0.29) is 5.41 Å². The zero-order chi connectivity index (χ0) is 36.3. The average Bonchev–Trinajstić information content (AvgIpc) is 3.71. The average molecular weight is 704 g/mol. The van der Waals surface area contributed by atoms with E-state index in [9.17, 15) is 0 Å². The van der Waals surface area contributed by atoms with Gasteiger partial charge in [-0.15, -0.1) is 10.2 Å². The van der Waals surface area contributed by atoms with Crippen LogP contribution in [-0.4, -0.2) is 18.3 Å². The van der Waals surface area contributed by atoms with Crippen LogP contribution in [0.3, 0.4) is 0 Å². The summed E-state index contributed by atoms with van der Waals surface area (Å²) in [5, 5.41) is 14.1. The van der Waals surface area contributed by atoms with E-state index in [0.29, 0.717) is 11.8 Å². The molecular weight excluding hydrogens is 663 g/mol. The Hall–Kier alpha value is -6.30. The predicted octanol–water partition coefficient (Wildman–Crippen LogP) is 9.55. The van der Waals surface area contributed by atoms with Gasteiger partial charge in [-0.2, -0.15) is 0 Å². The van der Waals surface area contributed by atoms with E-state index in [1.54, 1.807) is 0 Å². The van der Waals surface area contributed by atoms with Crippen LogP contribution >= 0.6 is 0 Å². The number of hydrogen-bond donors (Lipinski definition) is 0. The molecule has 5 heteroatoms. The number of hydrogen-bond acceptors (Lipinski definition) is 4. The molecule has 1 aromatic heterocycles. The van der Waals surface area contributed by atoms with Gasteiger partial charge in [0.25, 0.3) is 0 Å². The third-order valence-electron chi connectivity index (χ3n) is 9.95. The van der Waals surface area contributed by atoms with Crippen LogP contribution in [0.1, 0.15) is 26.3 Å². The molecular formula is C48H41N3OSi.